The third-order valence-electron chi connectivity index (χ3n) is 2.93. The molecule has 0 fully saturated rings. The van der Waals surface area contributed by atoms with Crippen molar-refractivity contribution in [3.8, 4) is 0 Å². The van der Waals surface area contributed by atoms with Gasteiger partial charge in [-0.15, -0.1) is 0 Å². The summed E-state index contributed by atoms with van der Waals surface area (Å²) in [5, 5.41) is 0.483. The molecule has 2 rings (SSSR count). The lowest BCUT2D eigenvalue weighted by molar-refractivity contribution is 0.575. The van der Waals surface area contributed by atoms with Crippen molar-refractivity contribution in [2.75, 3.05) is 0 Å². The van der Waals surface area contributed by atoms with Gasteiger partial charge in [0.05, 0.1) is 5.52 Å². The van der Waals surface area contributed by atoms with Gasteiger partial charge >= 0.3 is 0 Å². The van der Waals surface area contributed by atoms with Crippen molar-refractivity contribution >= 4 is 17.0 Å². The molecule has 0 aliphatic rings. The van der Waals surface area contributed by atoms with Crippen LogP contribution in [0.1, 0.15) is 23.6 Å². The highest BCUT2D eigenvalue weighted by Gasteiger charge is 2.18. The predicted octanol–water partition coefficient (Wildman–Crippen LogP) is 3.96. The van der Waals surface area contributed by atoms with Crippen LogP contribution in [0.15, 0.2) is 12.8 Å². The zero-order valence-electron chi connectivity index (χ0n) is 9.32. The first-order valence-corrected chi connectivity index (χ1v) is 5.21. The van der Waals surface area contributed by atoms with E-state index >= 15 is 0 Å². The Labute approximate surface area is 92.8 Å². The summed E-state index contributed by atoms with van der Waals surface area (Å²) in [6.07, 6.45) is 3.85. The highest BCUT2D eigenvalue weighted by atomic mass is 19.1. The zero-order valence-corrected chi connectivity index (χ0v) is 9.32. The van der Waals surface area contributed by atoms with E-state index in [4.69, 9.17) is 0 Å². The fourth-order valence-electron chi connectivity index (χ4n) is 1.99. The molecule has 1 nitrogen and oxygen atoms in total. The number of benzene rings is 1. The molecule has 3 heteroatoms. The molecule has 0 bridgehead atoms. The van der Waals surface area contributed by atoms with Gasteiger partial charge in [0.2, 0.25) is 0 Å². The van der Waals surface area contributed by atoms with Crippen LogP contribution in [-0.2, 0) is 6.42 Å². The lowest BCUT2D eigenvalue weighted by Gasteiger charge is -2.06. The van der Waals surface area contributed by atoms with Gasteiger partial charge in [-0.25, -0.2) is 8.78 Å². The maximum Gasteiger partial charge on any atom is 0.138 e. The van der Waals surface area contributed by atoms with Gasteiger partial charge in [0, 0.05) is 22.7 Å². The Morgan fingerprint density at radius 3 is 2.62 bits per heavy atom. The molecule has 0 radical (unpaired) electrons. The van der Waals surface area contributed by atoms with Gasteiger partial charge in [-0.3, -0.25) is 0 Å². The number of halogens is 2. The monoisotopic (exact) mass is 221 g/mol. The Morgan fingerprint density at radius 2 is 2.06 bits per heavy atom. The Bertz CT molecular complexity index is 567. The number of aromatic nitrogens is 1. The normalized spacial score (nSPS) is 11.0. The quantitative estimate of drug-likeness (QED) is 0.790. The molecule has 0 saturated heterocycles. The number of nitrogens with one attached hydrogen (secondary N) is 1. The van der Waals surface area contributed by atoms with Gasteiger partial charge in [-0.05, 0) is 18.9 Å². The molecule has 2 aromatic rings. The van der Waals surface area contributed by atoms with Crippen LogP contribution in [-0.4, -0.2) is 4.98 Å². The zero-order chi connectivity index (χ0) is 11.9. The first-order chi connectivity index (χ1) is 7.61. The molecule has 84 valence electrons. The summed E-state index contributed by atoms with van der Waals surface area (Å²) in [6.45, 7) is 6.95. The smallest absolute Gasteiger partial charge is 0.138 e. The third-order valence-corrected chi connectivity index (χ3v) is 2.93. The van der Waals surface area contributed by atoms with Gasteiger partial charge in [-0.1, -0.05) is 19.6 Å². The highest BCUT2D eigenvalue weighted by molar-refractivity contribution is 5.91. The molecule has 0 aliphatic carbocycles. The van der Waals surface area contributed by atoms with Crippen molar-refractivity contribution in [3.05, 3.63) is 41.1 Å². The average molecular weight is 221 g/mol. The van der Waals surface area contributed by atoms with Gasteiger partial charge in [0.1, 0.15) is 11.6 Å². The van der Waals surface area contributed by atoms with Crippen LogP contribution in [0.25, 0.3) is 17.0 Å². The average Bonchev–Trinajstić information content (AvgIpc) is 2.70. The Morgan fingerprint density at radius 1 is 1.38 bits per heavy atom. The summed E-state index contributed by atoms with van der Waals surface area (Å²) in [4.78, 5) is 2.92. The molecule has 1 N–H and O–H groups in total. The summed E-state index contributed by atoms with van der Waals surface area (Å²) in [5.74, 6) is -1.01. The summed E-state index contributed by atoms with van der Waals surface area (Å²) in [5.41, 5.74) is 1.75. The van der Waals surface area contributed by atoms with Gasteiger partial charge in [0.25, 0.3) is 0 Å². The molecule has 1 aromatic carbocycles. The molecule has 0 atom stereocenters. The number of hydrogen-bond acceptors (Lipinski definition) is 0. The SMILES string of the molecule is C=Cc1c(F)c(C)c(F)c2c(CC)c[nH]c12. The van der Waals surface area contributed by atoms with Crippen molar-refractivity contribution in [2.45, 2.75) is 20.3 Å². The number of rotatable bonds is 2. The molecular formula is C13H13F2N. The number of hydrogen-bond donors (Lipinski definition) is 1. The topological polar surface area (TPSA) is 15.8 Å². The standard InChI is InChI=1S/C13H13F2N/c1-4-8-6-16-13-9(5-2)11(14)7(3)12(15)10(8)13/h5-6,16H,2,4H2,1,3H3. The molecule has 16 heavy (non-hydrogen) atoms. The molecule has 0 unspecified atom stereocenters. The molecule has 1 aromatic heterocycles. The van der Waals surface area contributed by atoms with E-state index in [1.54, 1.807) is 6.20 Å². The van der Waals surface area contributed by atoms with Crippen LogP contribution in [0, 0.1) is 18.6 Å². The first kappa shape index (κ1) is 10.9. The van der Waals surface area contributed by atoms with E-state index in [1.165, 1.54) is 13.0 Å². The van der Waals surface area contributed by atoms with Crippen molar-refractivity contribution in [1.29, 1.82) is 0 Å². The van der Waals surface area contributed by atoms with Crippen molar-refractivity contribution < 1.29 is 8.78 Å². The Kier molecular flexibility index (Phi) is 2.54. The van der Waals surface area contributed by atoms with Crippen LogP contribution >= 0.6 is 0 Å². The maximum absolute atomic E-state index is 14.0. The summed E-state index contributed by atoms with van der Waals surface area (Å²) in [7, 11) is 0. The Balaban J connectivity index is 3.00. The Hall–Kier alpha value is -1.64. The number of aromatic amines is 1. The lowest BCUT2D eigenvalue weighted by Crippen LogP contribution is -1.96. The van der Waals surface area contributed by atoms with Crippen molar-refractivity contribution in [3.63, 3.8) is 0 Å². The highest BCUT2D eigenvalue weighted by Crippen LogP contribution is 2.31. The second-order valence-electron chi connectivity index (χ2n) is 3.79. The van der Waals surface area contributed by atoms with Crippen LogP contribution in [0.3, 0.4) is 0 Å². The van der Waals surface area contributed by atoms with Gasteiger partial charge in [0.15, 0.2) is 0 Å². The van der Waals surface area contributed by atoms with E-state index in [2.05, 4.69) is 11.6 Å². The van der Waals surface area contributed by atoms with E-state index in [0.717, 1.165) is 5.56 Å². The summed E-state index contributed by atoms with van der Waals surface area (Å²) < 4.78 is 27.7. The van der Waals surface area contributed by atoms with Gasteiger partial charge < -0.3 is 4.98 Å². The van der Waals surface area contributed by atoms with E-state index in [0.29, 0.717) is 22.9 Å². The van der Waals surface area contributed by atoms with Crippen LogP contribution in [0.4, 0.5) is 8.78 Å². The van der Waals surface area contributed by atoms with Crippen molar-refractivity contribution in [1.82, 2.24) is 4.98 Å². The van der Waals surface area contributed by atoms with E-state index in [1.807, 2.05) is 6.92 Å². The molecule has 0 aliphatic heterocycles. The second kappa shape index (κ2) is 3.74. The lowest BCUT2D eigenvalue weighted by atomic mass is 10.0. The fourth-order valence-corrected chi connectivity index (χ4v) is 1.99. The number of fused-ring (bicyclic) bond motifs is 1. The summed E-state index contributed by atoms with van der Waals surface area (Å²) in [6, 6.07) is 0. The minimum atomic E-state index is -0.537. The predicted molar refractivity (Wildman–Crippen MR) is 62.4 cm³/mol. The van der Waals surface area contributed by atoms with Crippen LogP contribution < -0.4 is 0 Å². The van der Waals surface area contributed by atoms with E-state index in [9.17, 15) is 8.78 Å². The van der Waals surface area contributed by atoms with E-state index in [-0.39, 0.29) is 5.56 Å². The molecule has 0 saturated carbocycles. The van der Waals surface area contributed by atoms with Crippen molar-refractivity contribution in [2.24, 2.45) is 0 Å². The minimum Gasteiger partial charge on any atom is -0.360 e. The molecular weight excluding hydrogens is 208 g/mol. The molecule has 1 heterocycles. The number of H-pyrrole nitrogens is 1. The second-order valence-corrected chi connectivity index (χ2v) is 3.79. The minimum absolute atomic E-state index is 0.0525. The third kappa shape index (κ3) is 1.28. The van der Waals surface area contributed by atoms with E-state index < -0.39 is 11.6 Å². The summed E-state index contributed by atoms with van der Waals surface area (Å²) >= 11 is 0. The van der Waals surface area contributed by atoms with Crippen LogP contribution in [0.2, 0.25) is 0 Å². The molecule has 0 amide bonds. The van der Waals surface area contributed by atoms with Crippen LogP contribution in [0.5, 0.6) is 0 Å². The largest absolute Gasteiger partial charge is 0.360 e. The fraction of sp³-hybridized carbons (Fsp3) is 0.231. The van der Waals surface area contributed by atoms with Gasteiger partial charge in [-0.2, -0.15) is 0 Å². The first-order valence-electron chi connectivity index (χ1n) is 5.21. The molecule has 0 spiro atoms. The number of aryl methyl sites for hydroxylation is 1. The maximum atomic E-state index is 14.0.